The summed E-state index contributed by atoms with van der Waals surface area (Å²) in [6.45, 7) is 4.15. The van der Waals surface area contributed by atoms with Crippen LogP contribution in [0, 0.1) is 0 Å². The van der Waals surface area contributed by atoms with Crippen LogP contribution in [-0.2, 0) is 6.18 Å². The molecule has 0 saturated carbocycles. The number of fused-ring (bicyclic) bond motifs is 1. The van der Waals surface area contributed by atoms with Crippen molar-refractivity contribution in [2.24, 2.45) is 0 Å². The number of hydrogen-bond acceptors (Lipinski definition) is 5. The lowest BCUT2D eigenvalue weighted by Crippen LogP contribution is -2.19. The van der Waals surface area contributed by atoms with Crippen LogP contribution < -0.4 is 10.9 Å². The number of benzene rings is 1. The Morgan fingerprint density at radius 1 is 1.21 bits per heavy atom. The summed E-state index contributed by atoms with van der Waals surface area (Å²) in [5.41, 5.74) is -0.198. The van der Waals surface area contributed by atoms with Gasteiger partial charge in [0.2, 0.25) is 10.1 Å². The van der Waals surface area contributed by atoms with E-state index in [1.807, 2.05) is 24.3 Å². The molecule has 2 aromatic heterocycles. The first-order valence-corrected chi connectivity index (χ1v) is 7.91. The molecular weight excluding hydrogens is 341 g/mol. The van der Waals surface area contributed by atoms with Gasteiger partial charge in [0, 0.05) is 11.8 Å². The van der Waals surface area contributed by atoms with Crippen LogP contribution in [0.2, 0.25) is 0 Å². The van der Waals surface area contributed by atoms with Crippen LogP contribution in [0.15, 0.2) is 35.1 Å². The molecule has 0 fully saturated rings. The zero-order chi connectivity index (χ0) is 17.5. The first-order chi connectivity index (χ1) is 11.2. The van der Waals surface area contributed by atoms with E-state index in [2.05, 4.69) is 29.2 Å². The average Bonchev–Trinajstić information content (AvgIpc) is 2.90. The summed E-state index contributed by atoms with van der Waals surface area (Å²) in [6, 6.07) is 8.03. The molecule has 2 heterocycles. The molecule has 24 heavy (non-hydrogen) atoms. The molecule has 0 amide bonds. The lowest BCUT2D eigenvalue weighted by Gasteiger charge is -2.06. The highest BCUT2D eigenvalue weighted by Gasteiger charge is 2.33. The number of rotatable bonds is 3. The van der Waals surface area contributed by atoms with Gasteiger partial charge >= 0.3 is 6.18 Å². The molecule has 126 valence electrons. The van der Waals surface area contributed by atoms with Gasteiger partial charge in [-0.3, -0.25) is 4.79 Å². The van der Waals surface area contributed by atoms with Gasteiger partial charge in [-0.15, -0.1) is 5.10 Å². The van der Waals surface area contributed by atoms with Gasteiger partial charge in [0.05, 0.1) is 0 Å². The Balaban J connectivity index is 1.93. The monoisotopic (exact) mass is 354 g/mol. The summed E-state index contributed by atoms with van der Waals surface area (Å²) < 4.78 is 39.0. The van der Waals surface area contributed by atoms with E-state index in [0.29, 0.717) is 12.0 Å². The minimum Gasteiger partial charge on any atom is -0.330 e. The zero-order valence-electron chi connectivity index (χ0n) is 12.8. The molecule has 0 atom stereocenters. The molecule has 1 aromatic carbocycles. The predicted octanol–water partition coefficient (Wildman–Crippen LogP) is 4.04. The molecule has 0 aliphatic carbocycles. The van der Waals surface area contributed by atoms with Crippen LogP contribution in [0.25, 0.3) is 4.96 Å². The topological polar surface area (TPSA) is 59.3 Å². The largest absolute Gasteiger partial charge is 0.433 e. The molecule has 1 N–H and O–H groups in total. The van der Waals surface area contributed by atoms with Crippen molar-refractivity contribution < 1.29 is 13.2 Å². The smallest absolute Gasteiger partial charge is 0.330 e. The van der Waals surface area contributed by atoms with Crippen LogP contribution in [0.3, 0.4) is 0 Å². The molecular formula is C15H13F3N4OS. The second-order valence-corrected chi connectivity index (χ2v) is 6.44. The third kappa shape index (κ3) is 3.25. The molecule has 5 nitrogen and oxygen atoms in total. The zero-order valence-corrected chi connectivity index (χ0v) is 13.6. The summed E-state index contributed by atoms with van der Waals surface area (Å²) in [4.78, 5) is 15.1. The Morgan fingerprint density at radius 2 is 1.88 bits per heavy atom. The standard InChI is InChI=1S/C15H13F3N4OS/c1-8(2)9-3-5-10(6-4-9)19-13-21-22-12(23)7-11(15(16,17)18)20-14(22)24-13/h3-8H,1-2H3,(H,19,21). The molecule has 3 rings (SSSR count). The predicted molar refractivity (Wildman–Crippen MR) is 85.9 cm³/mol. The average molecular weight is 354 g/mol. The molecule has 3 aromatic rings. The fourth-order valence-corrected chi connectivity index (χ4v) is 2.91. The van der Waals surface area contributed by atoms with E-state index in [4.69, 9.17) is 0 Å². The lowest BCUT2D eigenvalue weighted by molar-refractivity contribution is -0.141. The fourth-order valence-electron chi connectivity index (χ4n) is 2.08. The highest BCUT2D eigenvalue weighted by molar-refractivity contribution is 7.20. The summed E-state index contributed by atoms with van der Waals surface area (Å²) in [5.74, 6) is 0.394. The molecule has 9 heteroatoms. The third-order valence-electron chi connectivity index (χ3n) is 3.36. The van der Waals surface area contributed by atoms with Crippen LogP contribution >= 0.6 is 11.3 Å². The summed E-state index contributed by atoms with van der Waals surface area (Å²) >= 11 is 0.877. The van der Waals surface area contributed by atoms with Crippen LogP contribution in [0.1, 0.15) is 31.0 Å². The molecule has 0 aliphatic heterocycles. The minimum absolute atomic E-state index is 0.115. The molecule has 0 unspecified atom stereocenters. The maximum absolute atomic E-state index is 12.7. The number of halogens is 3. The summed E-state index contributed by atoms with van der Waals surface area (Å²) in [7, 11) is 0. The van der Waals surface area contributed by atoms with Crippen molar-refractivity contribution in [2.75, 3.05) is 5.32 Å². The molecule has 0 saturated heterocycles. The van der Waals surface area contributed by atoms with Crippen molar-refractivity contribution in [1.29, 1.82) is 0 Å². The Hall–Kier alpha value is -2.42. The molecule has 0 spiro atoms. The van der Waals surface area contributed by atoms with E-state index in [0.717, 1.165) is 27.1 Å². The van der Waals surface area contributed by atoms with Crippen LogP contribution in [-0.4, -0.2) is 14.6 Å². The van der Waals surface area contributed by atoms with Crippen LogP contribution in [0.4, 0.5) is 24.0 Å². The van der Waals surface area contributed by atoms with Crippen molar-refractivity contribution in [2.45, 2.75) is 25.9 Å². The van der Waals surface area contributed by atoms with E-state index >= 15 is 0 Å². The molecule has 0 radical (unpaired) electrons. The second kappa shape index (κ2) is 5.90. The minimum atomic E-state index is -4.67. The lowest BCUT2D eigenvalue weighted by atomic mass is 10.0. The maximum Gasteiger partial charge on any atom is 0.433 e. The summed E-state index contributed by atoms with van der Waals surface area (Å²) in [6.07, 6.45) is -4.67. The van der Waals surface area contributed by atoms with Crippen molar-refractivity contribution in [1.82, 2.24) is 14.6 Å². The van der Waals surface area contributed by atoms with Crippen molar-refractivity contribution in [3.8, 4) is 0 Å². The normalized spacial score (nSPS) is 12.1. The van der Waals surface area contributed by atoms with Gasteiger partial charge in [-0.1, -0.05) is 37.3 Å². The number of anilines is 2. The van der Waals surface area contributed by atoms with Gasteiger partial charge in [0.15, 0.2) is 5.69 Å². The SMILES string of the molecule is CC(C)c1ccc(Nc2nn3c(=O)cc(C(F)(F)F)nc3s2)cc1. The number of hydrogen-bond donors (Lipinski definition) is 1. The van der Waals surface area contributed by atoms with E-state index < -0.39 is 17.4 Å². The van der Waals surface area contributed by atoms with Crippen molar-refractivity contribution >= 4 is 27.1 Å². The quantitative estimate of drug-likeness (QED) is 0.771. The van der Waals surface area contributed by atoms with Crippen LogP contribution in [0.5, 0.6) is 0 Å². The Labute approximate surface area is 138 Å². The van der Waals surface area contributed by atoms with Gasteiger partial charge < -0.3 is 5.32 Å². The van der Waals surface area contributed by atoms with Gasteiger partial charge in [0.25, 0.3) is 5.56 Å². The number of alkyl halides is 3. The highest BCUT2D eigenvalue weighted by Crippen LogP contribution is 2.29. The number of aromatic nitrogens is 3. The van der Waals surface area contributed by atoms with E-state index in [-0.39, 0.29) is 10.1 Å². The van der Waals surface area contributed by atoms with E-state index in [1.54, 1.807) is 0 Å². The van der Waals surface area contributed by atoms with Gasteiger partial charge in [-0.05, 0) is 23.6 Å². The highest BCUT2D eigenvalue weighted by atomic mass is 32.1. The number of nitrogens with zero attached hydrogens (tertiary/aromatic N) is 3. The molecule has 0 aliphatic rings. The van der Waals surface area contributed by atoms with Crippen molar-refractivity contribution in [3.63, 3.8) is 0 Å². The molecule has 0 bridgehead atoms. The second-order valence-electron chi connectivity index (χ2n) is 5.48. The van der Waals surface area contributed by atoms with Gasteiger partial charge in [0.1, 0.15) is 0 Å². The van der Waals surface area contributed by atoms with Gasteiger partial charge in [-0.25, -0.2) is 4.98 Å². The van der Waals surface area contributed by atoms with Gasteiger partial charge in [-0.2, -0.15) is 17.7 Å². The Bertz CT molecular complexity index is 929. The third-order valence-corrected chi connectivity index (χ3v) is 4.19. The maximum atomic E-state index is 12.7. The summed E-state index contributed by atoms with van der Waals surface area (Å²) in [5, 5.41) is 7.23. The number of nitrogens with one attached hydrogen (secondary N) is 1. The Morgan fingerprint density at radius 3 is 2.46 bits per heavy atom. The van der Waals surface area contributed by atoms with E-state index in [9.17, 15) is 18.0 Å². The first kappa shape index (κ1) is 16.4. The van der Waals surface area contributed by atoms with E-state index in [1.165, 1.54) is 0 Å². The Kier molecular flexibility index (Phi) is 4.04. The fraction of sp³-hybridized carbons (Fsp3) is 0.267. The first-order valence-electron chi connectivity index (χ1n) is 7.09. The van der Waals surface area contributed by atoms with Crippen molar-refractivity contribution in [3.05, 3.63) is 51.9 Å².